The zero-order valence-corrected chi connectivity index (χ0v) is 17.8. The van der Waals surface area contributed by atoms with Gasteiger partial charge in [0.2, 0.25) is 0 Å². The van der Waals surface area contributed by atoms with Gasteiger partial charge in [0, 0.05) is 12.5 Å². The Kier molecular flexibility index (Phi) is 5.79. The highest BCUT2D eigenvalue weighted by Gasteiger charge is 2.73. The molecule has 3 atom stereocenters. The van der Waals surface area contributed by atoms with Crippen LogP contribution in [0.15, 0.2) is 53.4 Å². The van der Waals surface area contributed by atoms with Gasteiger partial charge in [-0.3, -0.25) is 0 Å². The predicted octanol–water partition coefficient (Wildman–Crippen LogP) is 3.25. The fourth-order valence-electron chi connectivity index (χ4n) is 3.83. The summed E-state index contributed by atoms with van der Waals surface area (Å²) in [7, 11) is -2.07. The Morgan fingerprint density at radius 2 is 1.75 bits per heavy atom. The Morgan fingerprint density at radius 3 is 2.25 bits per heavy atom. The lowest BCUT2D eigenvalue weighted by atomic mass is 10.00. The first-order valence-electron chi connectivity index (χ1n) is 9.11. The van der Waals surface area contributed by atoms with Crippen LogP contribution in [0.25, 0.3) is 0 Å². The first-order chi connectivity index (χ1) is 13.3. The molecule has 0 radical (unpaired) electrons. The van der Waals surface area contributed by atoms with Gasteiger partial charge in [0.1, 0.15) is 5.75 Å². The molecule has 0 aromatic heterocycles. The quantitative estimate of drug-likeness (QED) is 0.662. The lowest BCUT2D eigenvalue weighted by molar-refractivity contribution is 0.121. The number of rotatable bonds is 8. The fraction of sp³-hybridized carbons (Fsp3) is 0.381. The van der Waals surface area contributed by atoms with Crippen LogP contribution >= 0.6 is 12.2 Å². The third-order valence-corrected chi connectivity index (χ3v) is 8.09. The van der Waals surface area contributed by atoms with Crippen LogP contribution in [-0.2, 0) is 14.6 Å². The average Bonchev–Trinajstić information content (AvgIpc) is 3.38. The highest BCUT2D eigenvalue weighted by Crippen LogP contribution is 2.64. The van der Waals surface area contributed by atoms with E-state index in [0.717, 1.165) is 11.1 Å². The van der Waals surface area contributed by atoms with E-state index in [0.29, 0.717) is 12.4 Å². The maximum Gasteiger partial charge on any atom is 0.182 e. The second kappa shape index (κ2) is 7.81. The second-order valence-corrected chi connectivity index (χ2v) is 9.58. The Hall–Kier alpha value is -1.96. The van der Waals surface area contributed by atoms with E-state index in [9.17, 15) is 8.42 Å². The Bertz CT molecular complexity index is 955. The minimum absolute atomic E-state index is 0.169. The largest absolute Gasteiger partial charge is 0.497 e. The molecule has 0 amide bonds. The zero-order valence-electron chi connectivity index (χ0n) is 16.2. The van der Waals surface area contributed by atoms with Crippen LogP contribution in [0.4, 0.5) is 0 Å². The van der Waals surface area contributed by atoms with Crippen molar-refractivity contribution in [2.45, 2.75) is 29.9 Å². The van der Waals surface area contributed by atoms with E-state index in [4.69, 9.17) is 27.4 Å². The molecule has 2 N–H and O–H groups in total. The summed E-state index contributed by atoms with van der Waals surface area (Å²) in [4.78, 5) is 0.443. The van der Waals surface area contributed by atoms with Crippen LogP contribution in [0.2, 0.25) is 0 Å². The maximum atomic E-state index is 13.5. The van der Waals surface area contributed by atoms with Gasteiger partial charge in [0.05, 0.1) is 34.3 Å². The summed E-state index contributed by atoms with van der Waals surface area (Å²) in [6.45, 7) is 4.41. The summed E-state index contributed by atoms with van der Waals surface area (Å²) in [5.74, 6) is 0.335. The van der Waals surface area contributed by atoms with Gasteiger partial charge in [-0.1, -0.05) is 42.0 Å². The van der Waals surface area contributed by atoms with E-state index in [1.54, 1.807) is 31.4 Å². The molecule has 0 heterocycles. The van der Waals surface area contributed by atoms with Crippen molar-refractivity contribution in [3.63, 3.8) is 0 Å². The minimum atomic E-state index is -3.66. The van der Waals surface area contributed by atoms with Crippen molar-refractivity contribution in [2.75, 3.05) is 20.3 Å². The van der Waals surface area contributed by atoms with Crippen LogP contribution in [-0.4, -0.2) is 39.0 Å². The van der Waals surface area contributed by atoms with Gasteiger partial charge in [0.25, 0.3) is 0 Å². The summed E-state index contributed by atoms with van der Waals surface area (Å²) in [5, 5.41) is -0.764. The fourth-order valence-corrected chi connectivity index (χ4v) is 6.60. The molecule has 0 spiro atoms. The van der Waals surface area contributed by atoms with E-state index in [1.807, 2.05) is 38.1 Å². The molecule has 0 bridgehead atoms. The second-order valence-electron chi connectivity index (χ2n) is 7.07. The van der Waals surface area contributed by atoms with E-state index < -0.39 is 20.5 Å². The summed E-state index contributed by atoms with van der Waals surface area (Å²) in [5.41, 5.74) is 7.03. The number of nitrogens with two attached hydrogens (primary N) is 1. The summed E-state index contributed by atoms with van der Waals surface area (Å²) in [6, 6.07) is 14.2. The first-order valence-corrected chi connectivity index (χ1v) is 11.1. The van der Waals surface area contributed by atoms with Gasteiger partial charge in [-0.25, -0.2) is 8.42 Å². The molecule has 7 heteroatoms. The Labute approximate surface area is 171 Å². The molecular formula is C21H25NO4S2. The number of hydrogen-bond donors (Lipinski definition) is 1. The number of hydrogen-bond acceptors (Lipinski definition) is 5. The molecule has 3 unspecified atom stereocenters. The molecule has 3 rings (SSSR count). The molecule has 28 heavy (non-hydrogen) atoms. The monoisotopic (exact) mass is 419 g/mol. The molecule has 2 aromatic rings. The van der Waals surface area contributed by atoms with Crippen molar-refractivity contribution in [3.8, 4) is 5.75 Å². The van der Waals surface area contributed by atoms with Crippen LogP contribution in [0, 0.1) is 12.3 Å². The lowest BCUT2D eigenvalue weighted by Crippen LogP contribution is -2.33. The number of methoxy groups -OCH3 is 1. The third-order valence-electron chi connectivity index (χ3n) is 5.42. The first kappa shape index (κ1) is 20.8. The highest BCUT2D eigenvalue weighted by atomic mass is 32.2. The van der Waals surface area contributed by atoms with Gasteiger partial charge in [-0.05, 0) is 43.7 Å². The number of benzene rings is 2. The molecule has 1 aliphatic carbocycles. The number of thiocarbonyl (C=S) groups is 1. The molecule has 1 aliphatic rings. The van der Waals surface area contributed by atoms with Crippen molar-refractivity contribution in [1.82, 2.24) is 0 Å². The number of ether oxygens (including phenoxy) is 2. The molecular weight excluding hydrogens is 394 g/mol. The van der Waals surface area contributed by atoms with E-state index in [-0.39, 0.29) is 22.4 Å². The van der Waals surface area contributed by atoms with E-state index in [2.05, 4.69) is 0 Å². The van der Waals surface area contributed by atoms with Gasteiger partial charge in [-0.2, -0.15) is 0 Å². The standard InChI is InChI=1S/C21H25NO4S2/c1-4-26-13-21(20(22)27)18(15-7-9-16(25-3)10-8-15)19(21)28(23,24)17-11-5-14(2)6-12-17/h5-12,18-19H,4,13H2,1-3H3,(H2,22,27). The molecule has 0 aliphatic heterocycles. The van der Waals surface area contributed by atoms with Crippen LogP contribution in [0.1, 0.15) is 24.0 Å². The maximum absolute atomic E-state index is 13.5. The van der Waals surface area contributed by atoms with Crippen molar-refractivity contribution in [2.24, 2.45) is 11.1 Å². The van der Waals surface area contributed by atoms with Crippen molar-refractivity contribution in [3.05, 3.63) is 59.7 Å². The summed E-state index contributed by atoms with van der Waals surface area (Å²) < 4.78 is 37.9. The van der Waals surface area contributed by atoms with Crippen LogP contribution in [0.3, 0.4) is 0 Å². The Balaban J connectivity index is 2.08. The molecule has 1 saturated carbocycles. The van der Waals surface area contributed by atoms with E-state index >= 15 is 0 Å². The third kappa shape index (κ3) is 3.43. The van der Waals surface area contributed by atoms with Crippen molar-refractivity contribution < 1.29 is 17.9 Å². The minimum Gasteiger partial charge on any atom is -0.497 e. The zero-order chi connectivity index (χ0) is 20.5. The summed E-state index contributed by atoms with van der Waals surface area (Å²) >= 11 is 5.36. The van der Waals surface area contributed by atoms with Crippen molar-refractivity contribution >= 4 is 27.0 Å². The molecule has 1 fully saturated rings. The molecule has 150 valence electrons. The normalized spacial score (nSPS) is 24.0. The van der Waals surface area contributed by atoms with Gasteiger partial charge < -0.3 is 15.2 Å². The topological polar surface area (TPSA) is 78.6 Å². The van der Waals surface area contributed by atoms with Crippen LogP contribution in [0.5, 0.6) is 5.75 Å². The van der Waals surface area contributed by atoms with Gasteiger partial charge in [-0.15, -0.1) is 0 Å². The van der Waals surface area contributed by atoms with Gasteiger partial charge >= 0.3 is 0 Å². The number of aryl methyl sites for hydroxylation is 1. The van der Waals surface area contributed by atoms with E-state index in [1.165, 1.54) is 0 Å². The van der Waals surface area contributed by atoms with Crippen molar-refractivity contribution in [1.29, 1.82) is 0 Å². The predicted molar refractivity (Wildman–Crippen MR) is 114 cm³/mol. The van der Waals surface area contributed by atoms with Crippen LogP contribution < -0.4 is 10.5 Å². The Morgan fingerprint density at radius 1 is 1.14 bits per heavy atom. The highest BCUT2D eigenvalue weighted by molar-refractivity contribution is 7.92. The van der Waals surface area contributed by atoms with Gasteiger partial charge in [0.15, 0.2) is 9.84 Å². The molecule has 2 aromatic carbocycles. The summed E-state index contributed by atoms with van der Waals surface area (Å²) in [6.07, 6.45) is 0. The smallest absolute Gasteiger partial charge is 0.182 e. The molecule has 0 saturated heterocycles. The molecule has 5 nitrogen and oxygen atoms in total. The lowest BCUT2D eigenvalue weighted by Gasteiger charge is -2.17. The average molecular weight is 420 g/mol. The SMILES string of the molecule is CCOCC1(C(N)=S)C(c2ccc(OC)cc2)C1S(=O)(=O)c1ccc(C)cc1. The number of sulfone groups is 1.